The second-order valence-electron chi connectivity index (χ2n) is 3.89. The molecule has 1 aromatic rings. The zero-order valence-electron chi connectivity index (χ0n) is 8.66. The number of aromatic nitrogens is 2. The van der Waals surface area contributed by atoms with Crippen molar-refractivity contribution in [1.29, 1.82) is 0 Å². The van der Waals surface area contributed by atoms with Gasteiger partial charge in [-0.2, -0.15) is 11.8 Å². The first kappa shape index (κ1) is 11.2. The van der Waals surface area contributed by atoms with Gasteiger partial charge in [-0.05, 0) is 30.5 Å². The molecule has 1 saturated carbocycles. The monoisotopic (exact) mass is 242 g/mol. The van der Waals surface area contributed by atoms with E-state index in [0.29, 0.717) is 5.28 Å². The molecular weight excluding hydrogens is 228 g/mol. The van der Waals surface area contributed by atoms with E-state index in [1.807, 2.05) is 17.8 Å². The van der Waals surface area contributed by atoms with E-state index >= 15 is 0 Å². The van der Waals surface area contributed by atoms with Gasteiger partial charge in [0.1, 0.15) is 0 Å². The summed E-state index contributed by atoms with van der Waals surface area (Å²) in [5.74, 6) is 0.965. The highest BCUT2D eigenvalue weighted by atomic mass is 35.5. The molecule has 4 heteroatoms. The molecule has 15 heavy (non-hydrogen) atoms. The summed E-state index contributed by atoms with van der Waals surface area (Å²) in [7, 11) is 0. The van der Waals surface area contributed by atoms with Gasteiger partial charge in [-0.15, -0.1) is 0 Å². The minimum atomic E-state index is 0.358. The smallest absolute Gasteiger partial charge is 0.222 e. The van der Waals surface area contributed by atoms with E-state index in [2.05, 4.69) is 9.97 Å². The molecule has 82 valence electrons. The van der Waals surface area contributed by atoms with E-state index in [1.165, 1.54) is 32.1 Å². The first-order valence-electron chi connectivity index (χ1n) is 5.43. The van der Waals surface area contributed by atoms with Crippen LogP contribution in [0.25, 0.3) is 0 Å². The van der Waals surface area contributed by atoms with Crippen molar-refractivity contribution in [3.63, 3.8) is 0 Å². The molecule has 2 rings (SSSR count). The number of nitrogens with zero attached hydrogens (tertiary/aromatic N) is 2. The van der Waals surface area contributed by atoms with E-state index in [9.17, 15) is 0 Å². The van der Waals surface area contributed by atoms with E-state index in [1.54, 1.807) is 6.20 Å². The van der Waals surface area contributed by atoms with Crippen LogP contribution in [0.2, 0.25) is 5.28 Å². The lowest BCUT2D eigenvalue weighted by molar-refractivity contribution is 0.516. The molecule has 0 atom stereocenters. The largest absolute Gasteiger partial charge is 0.227 e. The molecule has 0 amide bonds. The van der Waals surface area contributed by atoms with Gasteiger partial charge in [0.05, 0.1) is 5.69 Å². The molecule has 1 aliphatic rings. The Morgan fingerprint density at radius 3 is 2.87 bits per heavy atom. The van der Waals surface area contributed by atoms with Crippen molar-refractivity contribution in [3.8, 4) is 0 Å². The molecule has 1 aliphatic carbocycles. The quantitative estimate of drug-likeness (QED) is 0.756. The number of hydrogen-bond donors (Lipinski definition) is 0. The normalized spacial score (nSPS) is 17.9. The van der Waals surface area contributed by atoms with Crippen molar-refractivity contribution in [2.45, 2.75) is 43.1 Å². The Balaban J connectivity index is 1.81. The molecule has 0 aromatic carbocycles. The van der Waals surface area contributed by atoms with Crippen LogP contribution in [0.3, 0.4) is 0 Å². The molecule has 1 fully saturated rings. The van der Waals surface area contributed by atoms with Crippen molar-refractivity contribution in [2.24, 2.45) is 0 Å². The van der Waals surface area contributed by atoms with Crippen LogP contribution in [0.1, 0.15) is 37.8 Å². The van der Waals surface area contributed by atoms with E-state index in [-0.39, 0.29) is 0 Å². The van der Waals surface area contributed by atoms with Crippen molar-refractivity contribution in [3.05, 3.63) is 23.2 Å². The average Bonchev–Trinajstić information content (AvgIpc) is 2.28. The highest BCUT2D eigenvalue weighted by molar-refractivity contribution is 7.99. The molecule has 0 aliphatic heterocycles. The Hall–Kier alpha value is -0.280. The predicted octanol–water partition coefficient (Wildman–Crippen LogP) is 3.70. The lowest BCUT2D eigenvalue weighted by Crippen LogP contribution is -2.08. The fraction of sp³-hybridized carbons (Fsp3) is 0.636. The summed E-state index contributed by atoms with van der Waals surface area (Å²) in [6.07, 6.45) is 8.65. The maximum atomic E-state index is 5.73. The van der Waals surface area contributed by atoms with Crippen LogP contribution in [0.4, 0.5) is 0 Å². The standard InChI is InChI=1S/C11H15ClN2S/c12-11-13-7-6-9(14-11)8-15-10-4-2-1-3-5-10/h6-7,10H,1-5,8H2. The summed E-state index contributed by atoms with van der Waals surface area (Å²) in [4.78, 5) is 8.07. The van der Waals surface area contributed by atoms with Crippen LogP contribution >= 0.6 is 23.4 Å². The predicted molar refractivity (Wildman–Crippen MR) is 65.2 cm³/mol. The minimum absolute atomic E-state index is 0.358. The minimum Gasteiger partial charge on any atom is -0.227 e. The number of rotatable bonds is 3. The Morgan fingerprint density at radius 1 is 1.33 bits per heavy atom. The van der Waals surface area contributed by atoms with Crippen LogP contribution in [-0.4, -0.2) is 15.2 Å². The molecule has 0 bridgehead atoms. The van der Waals surface area contributed by atoms with Crippen LogP contribution in [0.15, 0.2) is 12.3 Å². The summed E-state index contributed by atoms with van der Waals surface area (Å²) < 4.78 is 0. The third-order valence-corrected chi connectivity index (χ3v) is 4.29. The fourth-order valence-electron chi connectivity index (χ4n) is 1.88. The first-order chi connectivity index (χ1) is 7.34. The molecule has 0 radical (unpaired) electrons. The summed E-state index contributed by atoms with van der Waals surface area (Å²) in [6, 6.07) is 1.95. The van der Waals surface area contributed by atoms with Gasteiger partial charge in [0.2, 0.25) is 5.28 Å². The number of thioether (sulfide) groups is 1. The summed E-state index contributed by atoms with van der Waals surface area (Å²) in [6.45, 7) is 0. The topological polar surface area (TPSA) is 25.8 Å². The van der Waals surface area contributed by atoms with Gasteiger partial charge < -0.3 is 0 Å². The van der Waals surface area contributed by atoms with E-state index < -0.39 is 0 Å². The highest BCUT2D eigenvalue weighted by Crippen LogP contribution is 2.30. The molecule has 0 spiro atoms. The first-order valence-corrected chi connectivity index (χ1v) is 6.86. The molecule has 0 unspecified atom stereocenters. The van der Waals surface area contributed by atoms with Gasteiger partial charge in [0.25, 0.3) is 0 Å². The lowest BCUT2D eigenvalue weighted by atomic mass is 10.0. The third-order valence-electron chi connectivity index (χ3n) is 2.70. The van der Waals surface area contributed by atoms with Gasteiger partial charge in [-0.25, -0.2) is 9.97 Å². The van der Waals surface area contributed by atoms with E-state index in [4.69, 9.17) is 11.6 Å². The number of hydrogen-bond acceptors (Lipinski definition) is 3. The van der Waals surface area contributed by atoms with Crippen LogP contribution in [0, 0.1) is 0 Å². The second kappa shape index (κ2) is 5.71. The maximum absolute atomic E-state index is 5.73. The lowest BCUT2D eigenvalue weighted by Gasteiger charge is -2.20. The Morgan fingerprint density at radius 2 is 2.13 bits per heavy atom. The van der Waals surface area contributed by atoms with Gasteiger partial charge >= 0.3 is 0 Å². The van der Waals surface area contributed by atoms with Gasteiger partial charge in [0, 0.05) is 17.2 Å². The Labute approximate surface area is 99.8 Å². The van der Waals surface area contributed by atoms with Crippen molar-refractivity contribution < 1.29 is 0 Å². The van der Waals surface area contributed by atoms with Crippen LogP contribution < -0.4 is 0 Å². The van der Waals surface area contributed by atoms with Crippen LogP contribution in [0.5, 0.6) is 0 Å². The summed E-state index contributed by atoms with van der Waals surface area (Å²) in [5, 5.41) is 1.18. The molecule has 0 N–H and O–H groups in total. The summed E-state index contributed by atoms with van der Waals surface area (Å²) in [5.41, 5.74) is 1.05. The Kier molecular flexibility index (Phi) is 4.27. The van der Waals surface area contributed by atoms with Gasteiger partial charge in [-0.1, -0.05) is 19.3 Å². The van der Waals surface area contributed by atoms with Crippen molar-refractivity contribution in [2.75, 3.05) is 0 Å². The second-order valence-corrected chi connectivity index (χ2v) is 5.51. The zero-order valence-corrected chi connectivity index (χ0v) is 10.2. The zero-order chi connectivity index (χ0) is 10.5. The average molecular weight is 243 g/mol. The van der Waals surface area contributed by atoms with E-state index in [0.717, 1.165) is 16.7 Å². The van der Waals surface area contributed by atoms with Crippen molar-refractivity contribution >= 4 is 23.4 Å². The maximum Gasteiger partial charge on any atom is 0.222 e. The summed E-state index contributed by atoms with van der Waals surface area (Å²) >= 11 is 7.75. The number of halogens is 1. The van der Waals surface area contributed by atoms with Gasteiger partial charge in [-0.3, -0.25) is 0 Å². The molecule has 1 aromatic heterocycles. The fourth-order valence-corrected chi connectivity index (χ4v) is 3.28. The van der Waals surface area contributed by atoms with Crippen molar-refractivity contribution in [1.82, 2.24) is 9.97 Å². The molecule has 0 saturated heterocycles. The third kappa shape index (κ3) is 3.65. The SMILES string of the molecule is Clc1nccc(CSC2CCCCC2)n1. The van der Waals surface area contributed by atoms with Crippen LogP contribution in [-0.2, 0) is 5.75 Å². The molecule has 2 nitrogen and oxygen atoms in total. The van der Waals surface area contributed by atoms with Gasteiger partial charge in [0.15, 0.2) is 0 Å². The molecule has 1 heterocycles. The molecular formula is C11H15ClN2S. The highest BCUT2D eigenvalue weighted by Gasteiger charge is 2.13. The Bertz CT molecular complexity index is 313.